The highest BCUT2D eigenvalue weighted by atomic mass is 16.2. The Morgan fingerprint density at radius 1 is 0.839 bits per heavy atom. The Balaban J connectivity index is 1.34. The molecule has 1 aliphatic heterocycles. The van der Waals surface area contributed by atoms with Crippen molar-refractivity contribution in [3.05, 3.63) is 65.2 Å². The summed E-state index contributed by atoms with van der Waals surface area (Å²) in [6, 6.07) is 14.9. The molecule has 1 saturated carbocycles. The minimum absolute atomic E-state index is 0.00666. The predicted octanol–water partition coefficient (Wildman–Crippen LogP) is 3.76. The van der Waals surface area contributed by atoms with Crippen LogP contribution in [-0.4, -0.2) is 53.7 Å². The van der Waals surface area contributed by atoms with E-state index in [2.05, 4.69) is 19.2 Å². The third-order valence-electron chi connectivity index (χ3n) is 6.00. The molecule has 0 atom stereocenters. The van der Waals surface area contributed by atoms with E-state index >= 15 is 0 Å². The van der Waals surface area contributed by atoms with Crippen molar-refractivity contribution in [2.24, 2.45) is 5.92 Å². The molecule has 0 radical (unpaired) electrons. The molecule has 31 heavy (non-hydrogen) atoms. The molecular weight excluding hydrogens is 390 g/mol. The van der Waals surface area contributed by atoms with Gasteiger partial charge in [-0.1, -0.05) is 32.0 Å². The molecule has 2 fully saturated rings. The minimum Gasteiger partial charge on any atom is -0.335 e. The fourth-order valence-electron chi connectivity index (χ4n) is 3.81. The first-order chi connectivity index (χ1) is 14.9. The van der Waals surface area contributed by atoms with Gasteiger partial charge in [0.1, 0.15) is 0 Å². The summed E-state index contributed by atoms with van der Waals surface area (Å²) in [4.78, 5) is 41.3. The Kier molecular flexibility index (Phi) is 6.07. The molecule has 0 unspecified atom stereocenters. The van der Waals surface area contributed by atoms with Gasteiger partial charge in [0, 0.05) is 48.9 Å². The number of hydrogen-bond donors (Lipinski definition) is 1. The van der Waals surface area contributed by atoms with Crippen LogP contribution in [0.3, 0.4) is 0 Å². The zero-order chi connectivity index (χ0) is 22.0. The number of amides is 3. The Hall–Kier alpha value is -3.15. The minimum atomic E-state index is -0.0732. The monoisotopic (exact) mass is 419 g/mol. The van der Waals surface area contributed by atoms with E-state index in [4.69, 9.17) is 0 Å². The molecule has 162 valence electrons. The number of anilines is 1. The van der Waals surface area contributed by atoms with Gasteiger partial charge in [0.25, 0.3) is 11.8 Å². The molecule has 1 aliphatic carbocycles. The highest BCUT2D eigenvalue weighted by Gasteiger charge is 2.30. The smallest absolute Gasteiger partial charge is 0.254 e. The van der Waals surface area contributed by atoms with Crippen LogP contribution in [0.5, 0.6) is 0 Å². The maximum atomic E-state index is 12.9. The van der Waals surface area contributed by atoms with Gasteiger partial charge in [0.05, 0.1) is 0 Å². The van der Waals surface area contributed by atoms with Crippen molar-refractivity contribution in [3.63, 3.8) is 0 Å². The summed E-state index contributed by atoms with van der Waals surface area (Å²) in [5.74, 6) is 0.507. The number of hydrogen-bond acceptors (Lipinski definition) is 3. The molecular formula is C25H29N3O3. The van der Waals surface area contributed by atoms with Crippen molar-refractivity contribution in [2.45, 2.75) is 32.6 Å². The lowest BCUT2D eigenvalue weighted by Crippen LogP contribution is -2.50. The fraction of sp³-hybridized carbons (Fsp3) is 0.400. The largest absolute Gasteiger partial charge is 0.335 e. The van der Waals surface area contributed by atoms with Crippen LogP contribution in [0.2, 0.25) is 0 Å². The highest BCUT2D eigenvalue weighted by Crippen LogP contribution is 2.30. The lowest BCUT2D eigenvalue weighted by molar-refractivity contribution is -0.117. The average molecular weight is 420 g/mol. The van der Waals surface area contributed by atoms with Gasteiger partial charge in [-0.15, -0.1) is 0 Å². The zero-order valence-electron chi connectivity index (χ0n) is 18.1. The standard InChI is InChI=1S/C25H29N3O3/c1-17(2)18-6-10-20(11-7-18)24(30)27-12-14-28(15-13-27)25(31)21-4-3-5-22(16-21)26-23(29)19-8-9-19/h3-7,10-11,16-17,19H,8-9,12-15H2,1-2H3,(H,26,29). The van der Waals surface area contributed by atoms with Gasteiger partial charge in [0.2, 0.25) is 5.91 Å². The van der Waals surface area contributed by atoms with Gasteiger partial charge in [-0.25, -0.2) is 0 Å². The first-order valence-corrected chi connectivity index (χ1v) is 11.0. The van der Waals surface area contributed by atoms with Gasteiger partial charge >= 0.3 is 0 Å². The molecule has 2 aromatic carbocycles. The quantitative estimate of drug-likeness (QED) is 0.802. The van der Waals surface area contributed by atoms with E-state index < -0.39 is 0 Å². The van der Waals surface area contributed by atoms with Crippen molar-refractivity contribution in [2.75, 3.05) is 31.5 Å². The van der Waals surface area contributed by atoms with Crippen molar-refractivity contribution in [1.29, 1.82) is 0 Å². The lowest BCUT2D eigenvalue weighted by atomic mass is 10.0. The molecule has 1 saturated heterocycles. The van der Waals surface area contributed by atoms with Gasteiger partial charge in [-0.05, 0) is 54.7 Å². The SMILES string of the molecule is CC(C)c1ccc(C(=O)N2CCN(C(=O)c3cccc(NC(=O)C4CC4)c3)CC2)cc1. The third-order valence-corrected chi connectivity index (χ3v) is 6.00. The lowest BCUT2D eigenvalue weighted by Gasteiger charge is -2.35. The Labute approximate surface area is 183 Å². The summed E-state index contributed by atoms with van der Waals surface area (Å²) < 4.78 is 0. The summed E-state index contributed by atoms with van der Waals surface area (Å²) in [6.07, 6.45) is 1.88. The predicted molar refractivity (Wildman–Crippen MR) is 120 cm³/mol. The second kappa shape index (κ2) is 8.92. The van der Waals surface area contributed by atoms with Gasteiger partial charge < -0.3 is 15.1 Å². The Morgan fingerprint density at radius 2 is 1.42 bits per heavy atom. The van der Waals surface area contributed by atoms with Crippen LogP contribution in [0, 0.1) is 5.92 Å². The van der Waals surface area contributed by atoms with E-state index in [1.54, 1.807) is 34.1 Å². The van der Waals surface area contributed by atoms with Crippen molar-refractivity contribution in [3.8, 4) is 0 Å². The third kappa shape index (κ3) is 4.95. The average Bonchev–Trinajstić information content (AvgIpc) is 3.64. The maximum absolute atomic E-state index is 12.9. The molecule has 2 aromatic rings. The van der Waals surface area contributed by atoms with Crippen LogP contribution in [0.1, 0.15) is 58.9 Å². The Bertz CT molecular complexity index is 972. The fourth-order valence-corrected chi connectivity index (χ4v) is 3.81. The van der Waals surface area contributed by atoms with Gasteiger partial charge in [-0.3, -0.25) is 14.4 Å². The summed E-state index contributed by atoms with van der Waals surface area (Å²) in [7, 11) is 0. The van der Waals surface area contributed by atoms with Crippen LogP contribution in [-0.2, 0) is 4.79 Å². The number of piperazine rings is 1. The molecule has 6 heteroatoms. The molecule has 3 amide bonds. The number of carbonyl (C=O) groups excluding carboxylic acids is 3. The number of nitrogens with zero attached hydrogens (tertiary/aromatic N) is 2. The zero-order valence-corrected chi connectivity index (χ0v) is 18.1. The van der Waals surface area contributed by atoms with Crippen LogP contribution in [0.4, 0.5) is 5.69 Å². The van der Waals surface area contributed by atoms with Crippen LogP contribution in [0.25, 0.3) is 0 Å². The van der Waals surface area contributed by atoms with Crippen LogP contribution in [0.15, 0.2) is 48.5 Å². The van der Waals surface area contributed by atoms with Gasteiger partial charge in [-0.2, -0.15) is 0 Å². The number of rotatable bonds is 5. The van der Waals surface area contributed by atoms with Gasteiger partial charge in [0.15, 0.2) is 0 Å². The molecule has 1 heterocycles. The van der Waals surface area contributed by atoms with E-state index in [0.29, 0.717) is 48.9 Å². The van der Waals surface area contributed by atoms with E-state index in [0.717, 1.165) is 12.8 Å². The van der Waals surface area contributed by atoms with Crippen molar-refractivity contribution in [1.82, 2.24) is 9.80 Å². The van der Waals surface area contributed by atoms with E-state index in [-0.39, 0.29) is 23.6 Å². The second-order valence-electron chi connectivity index (χ2n) is 8.71. The van der Waals surface area contributed by atoms with Crippen LogP contribution < -0.4 is 5.32 Å². The Morgan fingerprint density at radius 3 is 1.97 bits per heavy atom. The van der Waals surface area contributed by atoms with Crippen molar-refractivity contribution >= 4 is 23.4 Å². The summed E-state index contributed by atoms with van der Waals surface area (Å²) in [6.45, 7) is 6.26. The number of nitrogens with one attached hydrogen (secondary N) is 1. The molecule has 0 spiro atoms. The van der Waals surface area contributed by atoms with Crippen LogP contribution >= 0.6 is 0 Å². The second-order valence-corrected chi connectivity index (χ2v) is 8.71. The topological polar surface area (TPSA) is 69.7 Å². The molecule has 0 bridgehead atoms. The first kappa shape index (κ1) is 21.1. The van der Waals surface area contributed by atoms with Crippen molar-refractivity contribution < 1.29 is 14.4 Å². The normalized spacial score (nSPS) is 16.4. The van der Waals surface area contributed by atoms with E-state index in [1.807, 2.05) is 24.3 Å². The molecule has 4 rings (SSSR count). The first-order valence-electron chi connectivity index (χ1n) is 11.0. The summed E-state index contributed by atoms with van der Waals surface area (Å²) in [5, 5.41) is 2.89. The molecule has 2 aliphatic rings. The summed E-state index contributed by atoms with van der Waals surface area (Å²) >= 11 is 0. The van der Waals surface area contributed by atoms with E-state index in [1.165, 1.54) is 5.56 Å². The number of carbonyl (C=O) groups is 3. The molecule has 1 N–H and O–H groups in total. The summed E-state index contributed by atoms with van der Waals surface area (Å²) in [5.41, 5.74) is 3.10. The van der Waals surface area contributed by atoms with E-state index in [9.17, 15) is 14.4 Å². The molecule has 6 nitrogen and oxygen atoms in total. The number of benzene rings is 2. The maximum Gasteiger partial charge on any atom is 0.254 e. The molecule has 0 aromatic heterocycles. The highest BCUT2D eigenvalue weighted by molar-refractivity contribution is 5.98.